The molecule has 1 aliphatic carbocycles. The number of carbonyl (C=O) groups excluding carboxylic acids is 1. The van der Waals surface area contributed by atoms with E-state index in [1.54, 1.807) is 6.26 Å². The molecule has 0 radical (unpaired) electrons. The van der Waals surface area contributed by atoms with Gasteiger partial charge in [-0.05, 0) is 57.1 Å². The van der Waals surface area contributed by atoms with Crippen molar-refractivity contribution >= 4 is 5.91 Å². The summed E-state index contributed by atoms with van der Waals surface area (Å²) < 4.78 is 5.18. The summed E-state index contributed by atoms with van der Waals surface area (Å²) in [5.74, 6) is 1.21. The fraction of sp³-hybridized carbons (Fsp3) is 0.722. The molecule has 4 nitrogen and oxygen atoms in total. The SMILES string of the molecule is O=C1CC[C@@]2(CCCN(Cc3ccoc3)CC2)N1CC1CC1. The van der Waals surface area contributed by atoms with Crippen LogP contribution in [0.3, 0.4) is 0 Å². The number of amides is 1. The summed E-state index contributed by atoms with van der Waals surface area (Å²) in [5.41, 5.74) is 1.43. The molecule has 4 rings (SSSR count). The minimum Gasteiger partial charge on any atom is -0.472 e. The first-order valence-electron chi connectivity index (χ1n) is 8.79. The fourth-order valence-corrected chi connectivity index (χ4v) is 4.28. The number of likely N-dealkylation sites (tertiary alicyclic amines) is 2. The van der Waals surface area contributed by atoms with Crippen molar-refractivity contribution in [2.75, 3.05) is 19.6 Å². The maximum absolute atomic E-state index is 12.4. The molecule has 1 spiro atoms. The first-order valence-corrected chi connectivity index (χ1v) is 8.79. The Labute approximate surface area is 132 Å². The molecule has 1 aromatic heterocycles. The van der Waals surface area contributed by atoms with Gasteiger partial charge in [0.05, 0.1) is 12.5 Å². The smallest absolute Gasteiger partial charge is 0.223 e. The van der Waals surface area contributed by atoms with Crippen molar-refractivity contribution in [1.82, 2.24) is 9.80 Å². The Balaban J connectivity index is 1.43. The van der Waals surface area contributed by atoms with Gasteiger partial charge in [-0.15, -0.1) is 0 Å². The number of nitrogens with zero attached hydrogens (tertiary/aromatic N) is 2. The van der Waals surface area contributed by atoms with Crippen molar-refractivity contribution in [2.45, 2.75) is 57.0 Å². The number of carbonyl (C=O) groups is 1. The van der Waals surface area contributed by atoms with Gasteiger partial charge in [-0.25, -0.2) is 0 Å². The van der Waals surface area contributed by atoms with Gasteiger partial charge < -0.3 is 9.32 Å². The van der Waals surface area contributed by atoms with E-state index >= 15 is 0 Å². The maximum Gasteiger partial charge on any atom is 0.223 e. The number of furan rings is 1. The van der Waals surface area contributed by atoms with Crippen molar-refractivity contribution in [3.8, 4) is 0 Å². The molecule has 1 aromatic rings. The molecular weight excluding hydrogens is 276 g/mol. The van der Waals surface area contributed by atoms with Gasteiger partial charge in [0.25, 0.3) is 0 Å². The third-order valence-electron chi connectivity index (χ3n) is 5.81. The van der Waals surface area contributed by atoms with Gasteiger partial charge in [-0.3, -0.25) is 9.69 Å². The predicted octanol–water partition coefficient (Wildman–Crippen LogP) is 3.04. The van der Waals surface area contributed by atoms with E-state index in [9.17, 15) is 4.79 Å². The van der Waals surface area contributed by atoms with Gasteiger partial charge in [0, 0.05) is 37.2 Å². The maximum atomic E-state index is 12.4. The van der Waals surface area contributed by atoms with Gasteiger partial charge in [0.1, 0.15) is 0 Å². The van der Waals surface area contributed by atoms with E-state index < -0.39 is 0 Å². The molecule has 1 saturated carbocycles. The van der Waals surface area contributed by atoms with Crippen LogP contribution in [0.4, 0.5) is 0 Å². The van der Waals surface area contributed by atoms with Crippen LogP contribution in [0.5, 0.6) is 0 Å². The Kier molecular flexibility index (Phi) is 3.73. The summed E-state index contributed by atoms with van der Waals surface area (Å²) in [6, 6.07) is 2.05. The molecule has 120 valence electrons. The first-order chi connectivity index (χ1) is 10.8. The molecule has 1 amide bonds. The van der Waals surface area contributed by atoms with E-state index in [1.807, 2.05) is 6.26 Å². The lowest BCUT2D eigenvalue weighted by molar-refractivity contribution is -0.131. The van der Waals surface area contributed by atoms with Gasteiger partial charge in [0.2, 0.25) is 5.91 Å². The Hall–Kier alpha value is -1.29. The number of hydrogen-bond acceptors (Lipinski definition) is 3. The molecule has 2 aliphatic heterocycles. The zero-order valence-electron chi connectivity index (χ0n) is 13.3. The average molecular weight is 302 g/mol. The molecule has 0 N–H and O–H groups in total. The molecule has 4 heteroatoms. The van der Waals surface area contributed by atoms with Crippen molar-refractivity contribution < 1.29 is 9.21 Å². The molecule has 2 saturated heterocycles. The minimum atomic E-state index is 0.171. The molecule has 3 fully saturated rings. The highest BCUT2D eigenvalue weighted by Crippen LogP contribution is 2.42. The molecule has 0 bridgehead atoms. The van der Waals surface area contributed by atoms with Gasteiger partial charge in [0.15, 0.2) is 0 Å². The number of hydrogen-bond donors (Lipinski definition) is 0. The molecule has 3 aliphatic rings. The van der Waals surface area contributed by atoms with Crippen LogP contribution in [0.1, 0.15) is 50.5 Å². The normalized spacial score (nSPS) is 30.2. The standard InChI is InChI=1S/C18H26N2O2/c21-17-4-7-18(20(17)13-15-2-3-15)6-1-9-19(10-8-18)12-16-5-11-22-14-16/h5,11,14-15H,1-4,6-10,12-13H2/t18-/m1/s1. The molecule has 3 heterocycles. The van der Waals surface area contributed by atoms with Crippen LogP contribution in [-0.4, -0.2) is 40.9 Å². The molecule has 0 unspecified atom stereocenters. The second-order valence-electron chi connectivity index (χ2n) is 7.43. The second kappa shape index (κ2) is 5.73. The Morgan fingerprint density at radius 2 is 2.14 bits per heavy atom. The molecule has 1 atom stereocenters. The summed E-state index contributed by atoms with van der Waals surface area (Å²) in [5, 5.41) is 0. The van der Waals surface area contributed by atoms with Gasteiger partial charge in [-0.1, -0.05) is 0 Å². The first kappa shape index (κ1) is 14.3. The van der Waals surface area contributed by atoms with Crippen molar-refractivity contribution in [3.63, 3.8) is 0 Å². The van der Waals surface area contributed by atoms with Crippen LogP contribution in [0.15, 0.2) is 23.0 Å². The van der Waals surface area contributed by atoms with E-state index in [-0.39, 0.29) is 5.54 Å². The minimum absolute atomic E-state index is 0.171. The lowest BCUT2D eigenvalue weighted by atomic mass is 9.87. The van der Waals surface area contributed by atoms with Crippen LogP contribution in [0, 0.1) is 5.92 Å². The summed E-state index contributed by atoms with van der Waals surface area (Å²) in [7, 11) is 0. The molecule has 22 heavy (non-hydrogen) atoms. The summed E-state index contributed by atoms with van der Waals surface area (Å²) in [4.78, 5) is 17.2. The van der Waals surface area contributed by atoms with Crippen molar-refractivity contribution in [2.24, 2.45) is 5.92 Å². The predicted molar refractivity (Wildman–Crippen MR) is 84.2 cm³/mol. The zero-order valence-corrected chi connectivity index (χ0v) is 13.3. The average Bonchev–Trinajstić information content (AvgIpc) is 3.16. The van der Waals surface area contributed by atoms with Crippen molar-refractivity contribution in [3.05, 3.63) is 24.2 Å². The summed E-state index contributed by atoms with van der Waals surface area (Å²) in [6.45, 7) is 4.24. The van der Waals surface area contributed by atoms with E-state index in [2.05, 4.69) is 15.9 Å². The Morgan fingerprint density at radius 1 is 1.23 bits per heavy atom. The second-order valence-corrected chi connectivity index (χ2v) is 7.43. The van der Waals surface area contributed by atoms with Crippen LogP contribution in [0.25, 0.3) is 0 Å². The summed E-state index contributed by atoms with van der Waals surface area (Å²) >= 11 is 0. The van der Waals surface area contributed by atoms with Crippen LogP contribution >= 0.6 is 0 Å². The zero-order chi connectivity index (χ0) is 15.0. The van der Waals surface area contributed by atoms with E-state index in [4.69, 9.17) is 4.42 Å². The van der Waals surface area contributed by atoms with Crippen molar-refractivity contribution in [1.29, 1.82) is 0 Å². The van der Waals surface area contributed by atoms with Gasteiger partial charge in [-0.2, -0.15) is 0 Å². The number of rotatable bonds is 4. The van der Waals surface area contributed by atoms with Crippen LogP contribution in [0.2, 0.25) is 0 Å². The lowest BCUT2D eigenvalue weighted by Gasteiger charge is -2.38. The summed E-state index contributed by atoms with van der Waals surface area (Å²) in [6.07, 6.45) is 11.6. The largest absolute Gasteiger partial charge is 0.472 e. The quantitative estimate of drug-likeness (QED) is 0.858. The third-order valence-corrected chi connectivity index (χ3v) is 5.81. The molecule has 0 aromatic carbocycles. The Morgan fingerprint density at radius 3 is 2.91 bits per heavy atom. The highest BCUT2D eigenvalue weighted by atomic mass is 16.3. The third kappa shape index (κ3) is 2.81. The van der Waals surface area contributed by atoms with E-state index in [1.165, 1.54) is 31.2 Å². The van der Waals surface area contributed by atoms with Crippen LogP contribution < -0.4 is 0 Å². The van der Waals surface area contributed by atoms with E-state index in [0.29, 0.717) is 5.91 Å². The fourth-order valence-electron chi connectivity index (χ4n) is 4.28. The highest BCUT2D eigenvalue weighted by molar-refractivity contribution is 5.79. The topological polar surface area (TPSA) is 36.7 Å². The monoisotopic (exact) mass is 302 g/mol. The Bertz CT molecular complexity index is 523. The van der Waals surface area contributed by atoms with Crippen LogP contribution in [-0.2, 0) is 11.3 Å². The van der Waals surface area contributed by atoms with Gasteiger partial charge >= 0.3 is 0 Å². The lowest BCUT2D eigenvalue weighted by Crippen LogP contribution is -2.47. The van der Waals surface area contributed by atoms with E-state index in [0.717, 1.165) is 51.4 Å². The highest BCUT2D eigenvalue weighted by Gasteiger charge is 2.47. The molecular formula is C18H26N2O2.